The van der Waals surface area contributed by atoms with Crippen molar-refractivity contribution >= 4 is 5.97 Å². The Balaban J connectivity index is 2.16. The van der Waals surface area contributed by atoms with E-state index in [1.165, 1.54) is 5.56 Å². The van der Waals surface area contributed by atoms with Crippen LogP contribution >= 0.6 is 0 Å². The predicted octanol–water partition coefficient (Wildman–Crippen LogP) is 3.41. The van der Waals surface area contributed by atoms with Crippen LogP contribution in [-0.2, 0) is 9.53 Å². The van der Waals surface area contributed by atoms with Gasteiger partial charge in [0.1, 0.15) is 6.04 Å². The molecule has 1 fully saturated rings. The molecule has 1 aliphatic heterocycles. The lowest BCUT2D eigenvalue weighted by molar-refractivity contribution is -0.153. The van der Waals surface area contributed by atoms with Crippen molar-refractivity contribution in [1.29, 1.82) is 0 Å². The molecule has 0 aliphatic carbocycles. The molecule has 3 atom stereocenters. The van der Waals surface area contributed by atoms with Crippen LogP contribution in [0.1, 0.15) is 45.2 Å². The number of esters is 1. The Morgan fingerprint density at radius 1 is 1.40 bits per heavy atom. The second kappa shape index (κ2) is 6.89. The Morgan fingerprint density at radius 2 is 2.10 bits per heavy atom. The lowest BCUT2D eigenvalue weighted by Gasteiger charge is -2.40. The molecule has 3 heteroatoms. The van der Waals surface area contributed by atoms with Crippen molar-refractivity contribution in [3.05, 3.63) is 35.9 Å². The van der Waals surface area contributed by atoms with E-state index >= 15 is 0 Å². The fourth-order valence-corrected chi connectivity index (χ4v) is 3.02. The van der Waals surface area contributed by atoms with Crippen LogP contribution in [0.15, 0.2) is 30.3 Å². The van der Waals surface area contributed by atoms with Gasteiger partial charge in [-0.3, -0.25) is 9.69 Å². The minimum Gasteiger partial charge on any atom is -0.465 e. The molecule has 0 radical (unpaired) electrons. The van der Waals surface area contributed by atoms with Crippen LogP contribution in [0.5, 0.6) is 0 Å². The zero-order chi connectivity index (χ0) is 14.5. The zero-order valence-electron chi connectivity index (χ0n) is 12.7. The number of likely N-dealkylation sites (tertiary alicyclic amines) is 1. The molecule has 1 heterocycles. The van der Waals surface area contributed by atoms with Gasteiger partial charge in [0, 0.05) is 6.04 Å². The van der Waals surface area contributed by atoms with Gasteiger partial charge in [-0.25, -0.2) is 0 Å². The van der Waals surface area contributed by atoms with Gasteiger partial charge in [-0.05, 0) is 44.7 Å². The lowest BCUT2D eigenvalue weighted by atomic mass is 9.90. The van der Waals surface area contributed by atoms with Crippen LogP contribution in [0, 0.1) is 5.92 Å². The maximum Gasteiger partial charge on any atom is 0.323 e. The summed E-state index contributed by atoms with van der Waals surface area (Å²) in [4.78, 5) is 14.5. The minimum atomic E-state index is -0.103. The second-order valence-electron chi connectivity index (χ2n) is 5.72. The fraction of sp³-hybridized carbons (Fsp3) is 0.588. The summed E-state index contributed by atoms with van der Waals surface area (Å²) >= 11 is 0. The third kappa shape index (κ3) is 3.40. The van der Waals surface area contributed by atoms with Gasteiger partial charge >= 0.3 is 5.97 Å². The fourth-order valence-electron chi connectivity index (χ4n) is 3.02. The van der Waals surface area contributed by atoms with E-state index in [0.717, 1.165) is 19.4 Å². The van der Waals surface area contributed by atoms with E-state index in [-0.39, 0.29) is 18.1 Å². The normalized spacial score (nSPS) is 25.1. The number of rotatable bonds is 4. The van der Waals surface area contributed by atoms with E-state index in [4.69, 9.17) is 4.74 Å². The van der Waals surface area contributed by atoms with E-state index in [1.54, 1.807) is 0 Å². The molecule has 1 aromatic rings. The average Bonchev–Trinajstić information content (AvgIpc) is 2.47. The summed E-state index contributed by atoms with van der Waals surface area (Å²) < 4.78 is 5.27. The highest BCUT2D eigenvalue weighted by Gasteiger charge is 2.35. The van der Waals surface area contributed by atoms with Crippen LogP contribution < -0.4 is 0 Å². The van der Waals surface area contributed by atoms with Crippen molar-refractivity contribution in [2.24, 2.45) is 5.92 Å². The molecule has 2 rings (SSSR count). The Labute approximate surface area is 121 Å². The largest absolute Gasteiger partial charge is 0.465 e. The first-order chi connectivity index (χ1) is 9.63. The number of hydrogen-bond acceptors (Lipinski definition) is 3. The summed E-state index contributed by atoms with van der Waals surface area (Å²) in [5.74, 6) is 0.519. The van der Waals surface area contributed by atoms with Gasteiger partial charge in [0.05, 0.1) is 6.61 Å². The Bertz CT molecular complexity index is 432. The molecule has 1 aliphatic rings. The summed E-state index contributed by atoms with van der Waals surface area (Å²) in [6, 6.07) is 10.5. The van der Waals surface area contributed by atoms with E-state index in [0.29, 0.717) is 12.5 Å². The molecule has 0 spiro atoms. The number of ether oxygens (including phenoxy) is 1. The maximum atomic E-state index is 12.2. The van der Waals surface area contributed by atoms with Crippen molar-refractivity contribution in [2.45, 2.75) is 45.7 Å². The quantitative estimate of drug-likeness (QED) is 0.789. The molecule has 1 saturated heterocycles. The highest BCUT2D eigenvalue weighted by Crippen LogP contribution is 2.31. The number of piperidine rings is 1. The molecule has 0 saturated carbocycles. The minimum absolute atomic E-state index is 0.0677. The van der Waals surface area contributed by atoms with Crippen LogP contribution in [0.3, 0.4) is 0 Å². The molecular weight excluding hydrogens is 250 g/mol. The third-order valence-electron chi connectivity index (χ3n) is 4.24. The van der Waals surface area contributed by atoms with Gasteiger partial charge < -0.3 is 4.74 Å². The van der Waals surface area contributed by atoms with Crippen LogP contribution in [0.2, 0.25) is 0 Å². The molecule has 0 amide bonds. The highest BCUT2D eigenvalue weighted by molar-refractivity contribution is 5.76. The molecule has 1 aromatic carbocycles. The Morgan fingerprint density at radius 3 is 2.75 bits per heavy atom. The van der Waals surface area contributed by atoms with Gasteiger partial charge in [-0.1, -0.05) is 37.3 Å². The SMILES string of the molecule is CCOC(=O)[C@H]1CC(C)CCN1[C@@H](C)c1ccccc1. The standard InChI is InChI=1S/C17H25NO2/c1-4-20-17(19)16-12-13(2)10-11-18(16)14(3)15-8-6-5-7-9-15/h5-9,13-14,16H,4,10-12H2,1-3H3/t13?,14-,16+/m0/s1. The summed E-state index contributed by atoms with van der Waals surface area (Å²) in [7, 11) is 0. The van der Waals surface area contributed by atoms with E-state index < -0.39 is 0 Å². The molecule has 110 valence electrons. The van der Waals surface area contributed by atoms with Crippen LogP contribution in [0.4, 0.5) is 0 Å². The molecule has 0 aromatic heterocycles. The van der Waals surface area contributed by atoms with Crippen molar-refractivity contribution in [3.63, 3.8) is 0 Å². The van der Waals surface area contributed by atoms with Gasteiger partial charge in [0.25, 0.3) is 0 Å². The van der Waals surface area contributed by atoms with Gasteiger partial charge in [-0.15, -0.1) is 0 Å². The van der Waals surface area contributed by atoms with Crippen molar-refractivity contribution in [2.75, 3.05) is 13.2 Å². The Hall–Kier alpha value is -1.35. The molecule has 0 bridgehead atoms. The maximum absolute atomic E-state index is 12.2. The summed E-state index contributed by atoms with van der Waals surface area (Å²) in [6.07, 6.45) is 2.04. The van der Waals surface area contributed by atoms with Crippen molar-refractivity contribution in [3.8, 4) is 0 Å². The third-order valence-corrected chi connectivity index (χ3v) is 4.24. The van der Waals surface area contributed by atoms with E-state index in [9.17, 15) is 4.79 Å². The zero-order valence-corrected chi connectivity index (χ0v) is 12.7. The number of hydrogen-bond donors (Lipinski definition) is 0. The Kier molecular flexibility index (Phi) is 5.18. The summed E-state index contributed by atoms with van der Waals surface area (Å²) in [5.41, 5.74) is 1.26. The summed E-state index contributed by atoms with van der Waals surface area (Å²) in [6.45, 7) is 7.68. The van der Waals surface area contributed by atoms with Crippen molar-refractivity contribution in [1.82, 2.24) is 4.90 Å². The number of benzene rings is 1. The summed E-state index contributed by atoms with van der Waals surface area (Å²) in [5, 5.41) is 0. The van der Waals surface area contributed by atoms with Crippen LogP contribution in [-0.4, -0.2) is 30.1 Å². The van der Waals surface area contributed by atoms with E-state index in [2.05, 4.69) is 43.0 Å². The van der Waals surface area contributed by atoms with Crippen molar-refractivity contribution < 1.29 is 9.53 Å². The first kappa shape index (κ1) is 15.0. The van der Waals surface area contributed by atoms with E-state index in [1.807, 2.05) is 13.0 Å². The molecule has 0 N–H and O–H groups in total. The lowest BCUT2D eigenvalue weighted by Crippen LogP contribution is -2.48. The van der Waals surface area contributed by atoms with Gasteiger partial charge in [0.15, 0.2) is 0 Å². The van der Waals surface area contributed by atoms with Crippen LogP contribution in [0.25, 0.3) is 0 Å². The topological polar surface area (TPSA) is 29.5 Å². The number of carbonyl (C=O) groups excluding carboxylic acids is 1. The molecule has 20 heavy (non-hydrogen) atoms. The molecule has 3 nitrogen and oxygen atoms in total. The van der Waals surface area contributed by atoms with Gasteiger partial charge in [-0.2, -0.15) is 0 Å². The van der Waals surface area contributed by atoms with Gasteiger partial charge in [0.2, 0.25) is 0 Å². The molecular formula is C17H25NO2. The number of carbonyl (C=O) groups is 1. The first-order valence-electron chi connectivity index (χ1n) is 7.60. The predicted molar refractivity (Wildman–Crippen MR) is 80.4 cm³/mol. The second-order valence-corrected chi connectivity index (χ2v) is 5.72. The smallest absolute Gasteiger partial charge is 0.323 e. The molecule has 1 unspecified atom stereocenters. The monoisotopic (exact) mass is 275 g/mol. The highest BCUT2D eigenvalue weighted by atomic mass is 16.5. The average molecular weight is 275 g/mol. The first-order valence-corrected chi connectivity index (χ1v) is 7.60. The number of nitrogens with zero attached hydrogens (tertiary/aromatic N) is 1.